The Morgan fingerprint density at radius 3 is 2.62 bits per heavy atom. The van der Waals surface area contributed by atoms with Crippen LogP contribution in [0.4, 0.5) is 4.79 Å². The first-order valence-electron chi connectivity index (χ1n) is 7.33. The van der Waals surface area contributed by atoms with Gasteiger partial charge < -0.3 is 15.3 Å². The van der Waals surface area contributed by atoms with Crippen LogP contribution in [0.3, 0.4) is 0 Å². The molecule has 1 aliphatic rings. The van der Waals surface area contributed by atoms with Crippen LogP contribution in [0.2, 0.25) is 0 Å². The number of rotatable bonds is 4. The van der Waals surface area contributed by atoms with Gasteiger partial charge in [0.2, 0.25) is 0 Å². The molecule has 0 radical (unpaired) electrons. The molecule has 1 aliphatic carbocycles. The maximum absolute atomic E-state index is 12.3. The molecule has 1 atom stereocenters. The first kappa shape index (κ1) is 15.4. The molecule has 0 spiro atoms. The number of benzene rings is 1. The van der Waals surface area contributed by atoms with Gasteiger partial charge in [-0.3, -0.25) is 4.79 Å². The quantitative estimate of drug-likeness (QED) is 0.891. The fourth-order valence-electron chi connectivity index (χ4n) is 2.71. The maximum atomic E-state index is 12.3. The number of carboxylic acids is 1. The molecule has 0 bridgehead atoms. The lowest BCUT2D eigenvalue weighted by molar-refractivity contribution is -0.138. The minimum atomic E-state index is -0.993. The van der Waals surface area contributed by atoms with Crippen LogP contribution >= 0.6 is 0 Å². The molecular formula is C16H22N2O3. The van der Waals surface area contributed by atoms with Crippen LogP contribution in [-0.2, 0) is 17.6 Å². The van der Waals surface area contributed by atoms with Gasteiger partial charge in [-0.05, 0) is 44.2 Å². The topological polar surface area (TPSA) is 69.6 Å². The predicted octanol–water partition coefficient (Wildman–Crippen LogP) is 2.05. The van der Waals surface area contributed by atoms with Crippen LogP contribution in [0.1, 0.15) is 31.4 Å². The van der Waals surface area contributed by atoms with E-state index in [1.54, 1.807) is 0 Å². The third-order valence-electron chi connectivity index (χ3n) is 3.86. The molecule has 1 unspecified atom stereocenters. The zero-order valence-electron chi connectivity index (χ0n) is 12.5. The van der Waals surface area contributed by atoms with Crippen molar-refractivity contribution < 1.29 is 14.7 Å². The third kappa shape index (κ3) is 3.97. The molecule has 21 heavy (non-hydrogen) atoms. The van der Waals surface area contributed by atoms with E-state index in [1.807, 2.05) is 26.0 Å². The molecule has 2 rings (SSSR count). The first-order chi connectivity index (χ1) is 9.97. The molecule has 5 heteroatoms. The molecule has 0 saturated carbocycles. The van der Waals surface area contributed by atoms with Gasteiger partial charge in [0.05, 0.1) is 0 Å². The van der Waals surface area contributed by atoms with Crippen molar-refractivity contribution in [2.24, 2.45) is 0 Å². The highest BCUT2D eigenvalue weighted by Crippen LogP contribution is 2.21. The minimum Gasteiger partial charge on any atom is -0.480 e. The van der Waals surface area contributed by atoms with Crippen LogP contribution < -0.4 is 5.32 Å². The summed E-state index contributed by atoms with van der Waals surface area (Å²) in [6, 6.07) is 7.89. The first-order valence-corrected chi connectivity index (χ1v) is 7.33. The SMILES string of the molecule is CC(C)N(CC(=O)O)C(=O)NC1CCc2ccccc2C1. The summed E-state index contributed by atoms with van der Waals surface area (Å²) in [6.07, 6.45) is 2.64. The van der Waals surface area contributed by atoms with Gasteiger partial charge in [0.25, 0.3) is 0 Å². The highest BCUT2D eigenvalue weighted by molar-refractivity contribution is 5.80. The number of hydrogen-bond acceptors (Lipinski definition) is 2. The second-order valence-electron chi connectivity index (χ2n) is 5.77. The Bertz CT molecular complexity index is 528. The van der Waals surface area contributed by atoms with E-state index in [1.165, 1.54) is 16.0 Å². The lowest BCUT2D eigenvalue weighted by Crippen LogP contribution is -2.50. The van der Waals surface area contributed by atoms with Crippen molar-refractivity contribution in [2.75, 3.05) is 6.54 Å². The molecule has 114 valence electrons. The fraction of sp³-hybridized carbons (Fsp3) is 0.500. The minimum absolute atomic E-state index is 0.0717. The van der Waals surface area contributed by atoms with E-state index >= 15 is 0 Å². The molecule has 1 aromatic carbocycles. The number of urea groups is 1. The van der Waals surface area contributed by atoms with Crippen LogP contribution in [0.25, 0.3) is 0 Å². The zero-order chi connectivity index (χ0) is 15.4. The van der Waals surface area contributed by atoms with Crippen LogP contribution in [0.5, 0.6) is 0 Å². The Balaban J connectivity index is 1.98. The molecular weight excluding hydrogens is 268 g/mol. The number of hydrogen-bond donors (Lipinski definition) is 2. The normalized spacial score (nSPS) is 17.2. The lowest BCUT2D eigenvalue weighted by atomic mass is 9.88. The summed E-state index contributed by atoms with van der Waals surface area (Å²) >= 11 is 0. The van der Waals surface area contributed by atoms with Crippen molar-refractivity contribution in [1.82, 2.24) is 10.2 Å². The summed E-state index contributed by atoms with van der Waals surface area (Å²) in [6.45, 7) is 3.37. The number of carboxylic acid groups (broad SMARTS) is 1. The van der Waals surface area contributed by atoms with Crippen molar-refractivity contribution in [2.45, 2.75) is 45.2 Å². The van der Waals surface area contributed by atoms with Gasteiger partial charge in [0.1, 0.15) is 6.54 Å². The summed E-state index contributed by atoms with van der Waals surface area (Å²) in [7, 11) is 0. The Morgan fingerprint density at radius 1 is 1.33 bits per heavy atom. The molecule has 0 fully saturated rings. The standard InChI is InChI=1S/C16H22N2O3/c1-11(2)18(10-15(19)20)16(21)17-14-8-7-12-5-3-4-6-13(12)9-14/h3-6,11,14H,7-10H2,1-2H3,(H,17,21)(H,19,20). The number of carbonyl (C=O) groups is 2. The molecule has 0 aliphatic heterocycles. The number of carbonyl (C=O) groups excluding carboxylic acids is 1. The highest BCUT2D eigenvalue weighted by atomic mass is 16.4. The lowest BCUT2D eigenvalue weighted by Gasteiger charge is -2.30. The molecule has 5 nitrogen and oxygen atoms in total. The summed E-state index contributed by atoms with van der Waals surface area (Å²) in [5.41, 5.74) is 2.61. The highest BCUT2D eigenvalue weighted by Gasteiger charge is 2.24. The molecule has 0 aromatic heterocycles. The van der Waals surface area contributed by atoms with E-state index in [4.69, 9.17) is 5.11 Å². The van der Waals surface area contributed by atoms with Crippen LogP contribution in [-0.4, -0.2) is 40.6 Å². The number of aryl methyl sites for hydroxylation is 1. The molecule has 0 saturated heterocycles. The van der Waals surface area contributed by atoms with Gasteiger partial charge in [0, 0.05) is 12.1 Å². The van der Waals surface area contributed by atoms with Crippen LogP contribution in [0, 0.1) is 0 Å². The van der Waals surface area contributed by atoms with Crippen LogP contribution in [0.15, 0.2) is 24.3 Å². The number of aliphatic carboxylic acids is 1. The molecule has 1 aromatic rings. The average molecular weight is 290 g/mol. The van der Waals surface area contributed by atoms with E-state index in [0.717, 1.165) is 19.3 Å². The average Bonchev–Trinajstić information content (AvgIpc) is 2.44. The predicted molar refractivity (Wildman–Crippen MR) is 80.3 cm³/mol. The van der Waals surface area contributed by atoms with Gasteiger partial charge in [0.15, 0.2) is 0 Å². The second kappa shape index (κ2) is 6.61. The van der Waals surface area contributed by atoms with Gasteiger partial charge >= 0.3 is 12.0 Å². The third-order valence-corrected chi connectivity index (χ3v) is 3.86. The Hall–Kier alpha value is -2.04. The Labute approximate surface area is 125 Å². The number of nitrogens with one attached hydrogen (secondary N) is 1. The van der Waals surface area contributed by atoms with Crippen molar-refractivity contribution in [3.63, 3.8) is 0 Å². The molecule has 2 N–H and O–H groups in total. The maximum Gasteiger partial charge on any atom is 0.323 e. The summed E-state index contributed by atoms with van der Waals surface area (Å²) in [5.74, 6) is -0.993. The van der Waals surface area contributed by atoms with Crippen molar-refractivity contribution in [1.29, 1.82) is 0 Å². The van der Waals surface area contributed by atoms with Crippen molar-refractivity contribution >= 4 is 12.0 Å². The smallest absolute Gasteiger partial charge is 0.323 e. The monoisotopic (exact) mass is 290 g/mol. The second-order valence-corrected chi connectivity index (χ2v) is 5.77. The molecule has 2 amide bonds. The van der Waals surface area contributed by atoms with Crippen molar-refractivity contribution in [3.05, 3.63) is 35.4 Å². The van der Waals surface area contributed by atoms with E-state index < -0.39 is 5.97 Å². The summed E-state index contributed by atoms with van der Waals surface area (Å²) in [5, 5.41) is 11.9. The van der Waals surface area contributed by atoms with E-state index in [0.29, 0.717) is 0 Å². The van der Waals surface area contributed by atoms with Gasteiger partial charge in [-0.15, -0.1) is 0 Å². The summed E-state index contributed by atoms with van der Waals surface area (Å²) < 4.78 is 0. The van der Waals surface area contributed by atoms with Crippen molar-refractivity contribution in [3.8, 4) is 0 Å². The largest absolute Gasteiger partial charge is 0.480 e. The molecule has 0 heterocycles. The van der Waals surface area contributed by atoms with Gasteiger partial charge in [-0.25, -0.2) is 4.79 Å². The number of amides is 2. The van der Waals surface area contributed by atoms with Gasteiger partial charge in [-0.1, -0.05) is 24.3 Å². The number of nitrogens with zero attached hydrogens (tertiary/aromatic N) is 1. The van der Waals surface area contributed by atoms with E-state index in [2.05, 4.69) is 17.4 Å². The van der Waals surface area contributed by atoms with Gasteiger partial charge in [-0.2, -0.15) is 0 Å². The van der Waals surface area contributed by atoms with E-state index in [-0.39, 0.29) is 24.7 Å². The Kier molecular flexibility index (Phi) is 4.83. The summed E-state index contributed by atoms with van der Waals surface area (Å²) in [4.78, 5) is 24.5. The van der Waals surface area contributed by atoms with E-state index in [9.17, 15) is 9.59 Å². The zero-order valence-corrected chi connectivity index (χ0v) is 12.5. The Morgan fingerprint density at radius 2 is 2.00 bits per heavy atom. The fourth-order valence-corrected chi connectivity index (χ4v) is 2.71. The number of fused-ring (bicyclic) bond motifs is 1.